The van der Waals surface area contributed by atoms with E-state index in [-0.39, 0.29) is 0 Å². The second-order valence-electron chi connectivity index (χ2n) is 6.38. The van der Waals surface area contributed by atoms with Crippen LogP contribution in [0.5, 0.6) is 0 Å². The van der Waals surface area contributed by atoms with Crippen LogP contribution in [0.25, 0.3) is 0 Å². The highest BCUT2D eigenvalue weighted by Gasteiger charge is 2.30. The summed E-state index contributed by atoms with van der Waals surface area (Å²) in [6, 6.07) is 2.09. The van der Waals surface area contributed by atoms with Gasteiger partial charge in [0.15, 0.2) is 5.13 Å². The molecule has 1 N–H and O–H groups in total. The highest BCUT2D eigenvalue weighted by atomic mass is 32.2. The molecule has 122 valence electrons. The number of aromatic nitrogens is 2. The van der Waals surface area contributed by atoms with E-state index >= 15 is 0 Å². The standard InChI is InChI=1S/C17H22N4S2/c1-21-13-7-8-18-10-14(13)22-16(21)15-11-20-17(23-15)19-9-12-5-3-2-4-6-12/h7-8,10-12,16H,2-6,9H2,1H3,(H,19,20). The van der Waals surface area contributed by atoms with Crippen LogP contribution in [0.4, 0.5) is 10.8 Å². The lowest BCUT2D eigenvalue weighted by Crippen LogP contribution is -2.17. The summed E-state index contributed by atoms with van der Waals surface area (Å²) >= 11 is 3.65. The first-order valence-electron chi connectivity index (χ1n) is 8.34. The lowest BCUT2D eigenvalue weighted by atomic mass is 9.89. The van der Waals surface area contributed by atoms with Gasteiger partial charge in [0, 0.05) is 32.2 Å². The fraction of sp³-hybridized carbons (Fsp3) is 0.529. The Bertz CT molecular complexity index is 666. The van der Waals surface area contributed by atoms with Crippen molar-refractivity contribution in [3.05, 3.63) is 29.5 Å². The molecule has 2 aromatic heterocycles. The zero-order valence-electron chi connectivity index (χ0n) is 13.4. The molecule has 2 aliphatic rings. The smallest absolute Gasteiger partial charge is 0.182 e. The van der Waals surface area contributed by atoms with Gasteiger partial charge < -0.3 is 10.2 Å². The van der Waals surface area contributed by atoms with Gasteiger partial charge in [0.25, 0.3) is 0 Å². The normalized spacial score (nSPS) is 21.4. The number of rotatable bonds is 4. The number of thiazole rings is 1. The van der Waals surface area contributed by atoms with E-state index in [0.29, 0.717) is 5.37 Å². The SMILES string of the molecule is CN1c2ccncc2SC1c1cnc(NCC2CCCCC2)s1. The average molecular weight is 347 g/mol. The zero-order chi connectivity index (χ0) is 15.6. The van der Waals surface area contributed by atoms with Crippen molar-refractivity contribution in [2.24, 2.45) is 5.92 Å². The maximum Gasteiger partial charge on any atom is 0.182 e. The highest BCUT2D eigenvalue weighted by Crippen LogP contribution is 2.51. The largest absolute Gasteiger partial charge is 0.361 e. The molecular formula is C17H22N4S2. The zero-order valence-corrected chi connectivity index (χ0v) is 15.0. The van der Waals surface area contributed by atoms with Crippen molar-refractivity contribution in [1.29, 1.82) is 0 Å². The monoisotopic (exact) mass is 346 g/mol. The van der Waals surface area contributed by atoms with Crippen molar-refractivity contribution in [2.75, 3.05) is 23.8 Å². The van der Waals surface area contributed by atoms with Crippen LogP contribution in [0.3, 0.4) is 0 Å². The predicted octanol–water partition coefficient (Wildman–Crippen LogP) is 4.77. The van der Waals surface area contributed by atoms with Gasteiger partial charge in [-0.2, -0.15) is 0 Å². The molecule has 2 aromatic rings. The number of thioether (sulfide) groups is 1. The number of nitrogens with zero attached hydrogens (tertiary/aromatic N) is 3. The highest BCUT2D eigenvalue weighted by molar-refractivity contribution is 8.00. The summed E-state index contributed by atoms with van der Waals surface area (Å²) in [6.45, 7) is 1.07. The Balaban J connectivity index is 1.40. The minimum atomic E-state index is 0.317. The molecule has 6 heteroatoms. The van der Waals surface area contributed by atoms with E-state index in [0.717, 1.165) is 17.6 Å². The second-order valence-corrected chi connectivity index (χ2v) is 8.56. The van der Waals surface area contributed by atoms with E-state index < -0.39 is 0 Å². The molecule has 0 saturated heterocycles. The minimum absolute atomic E-state index is 0.317. The maximum atomic E-state index is 4.59. The maximum absolute atomic E-state index is 4.59. The second kappa shape index (κ2) is 6.69. The fourth-order valence-electron chi connectivity index (χ4n) is 3.43. The molecule has 1 atom stereocenters. The Labute approximate surface area is 145 Å². The van der Waals surface area contributed by atoms with Gasteiger partial charge in [0.1, 0.15) is 5.37 Å². The van der Waals surface area contributed by atoms with Crippen molar-refractivity contribution in [1.82, 2.24) is 9.97 Å². The van der Waals surface area contributed by atoms with Crippen molar-refractivity contribution in [2.45, 2.75) is 42.4 Å². The molecule has 1 aliphatic heterocycles. The van der Waals surface area contributed by atoms with Gasteiger partial charge in [0.05, 0.1) is 15.5 Å². The third-order valence-electron chi connectivity index (χ3n) is 4.77. The molecule has 1 aliphatic carbocycles. The van der Waals surface area contributed by atoms with Crippen LogP contribution in [0.1, 0.15) is 42.4 Å². The summed E-state index contributed by atoms with van der Waals surface area (Å²) in [6.07, 6.45) is 12.8. The van der Waals surface area contributed by atoms with E-state index in [2.05, 4.69) is 33.3 Å². The number of pyridine rings is 1. The molecule has 4 nitrogen and oxygen atoms in total. The average Bonchev–Trinajstić information content (AvgIpc) is 3.19. The molecule has 0 spiro atoms. The topological polar surface area (TPSA) is 41.1 Å². The summed E-state index contributed by atoms with van der Waals surface area (Å²) in [4.78, 5) is 13.7. The molecule has 0 amide bonds. The first-order valence-corrected chi connectivity index (χ1v) is 10.0. The lowest BCUT2D eigenvalue weighted by molar-refractivity contribution is 0.373. The number of fused-ring (bicyclic) bond motifs is 1. The minimum Gasteiger partial charge on any atom is -0.361 e. The molecule has 23 heavy (non-hydrogen) atoms. The molecule has 1 unspecified atom stereocenters. The van der Waals surface area contributed by atoms with Crippen LogP contribution in [-0.4, -0.2) is 23.6 Å². The Morgan fingerprint density at radius 2 is 2.13 bits per heavy atom. The summed E-state index contributed by atoms with van der Waals surface area (Å²) < 4.78 is 0. The summed E-state index contributed by atoms with van der Waals surface area (Å²) in [5.74, 6) is 0.829. The van der Waals surface area contributed by atoms with Crippen LogP contribution < -0.4 is 10.2 Å². The van der Waals surface area contributed by atoms with Crippen molar-refractivity contribution in [3.8, 4) is 0 Å². The van der Waals surface area contributed by atoms with E-state index in [1.54, 1.807) is 11.3 Å². The lowest BCUT2D eigenvalue weighted by Gasteiger charge is -2.21. The first-order chi connectivity index (χ1) is 11.3. The Kier molecular flexibility index (Phi) is 4.44. The van der Waals surface area contributed by atoms with Gasteiger partial charge in [-0.25, -0.2) is 4.98 Å². The third-order valence-corrected chi connectivity index (χ3v) is 7.29. The molecular weight excluding hydrogens is 324 g/mol. The van der Waals surface area contributed by atoms with E-state index in [1.165, 1.54) is 47.6 Å². The number of nitrogens with one attached hydrogen (secondary N) is 1. The summed E-state index contributed by atoms with van der Waals surface area (Å²) in [7, 11) is 2.15. The molecule has 0 bridgehead atoms. The molecule has 0 aromatic carbocycles. The van der Waals surface area contributed by atoms with Crippen LogP contribution >= 0.6 is 23.1 Å². The van der Waals surface area contributed by atoms with Gasteiger partial charge in [-0.3, -0.25) is 4.98 Å². The van der Waals surface area contributed by atoms with E-state index in [1.807, 2.05) is 30.4 Å². The molecule has 4 rings (SSSR count). The van der Waals surface area contributed by atoms with Gasteiger partial charge in [-0.1, -0.05) is 42.4 Å². The van der Waals surface area contributed by atoms with Gasteiger partial charge in [0.2, 0.25) is 0 Å². The number of hydrogen-bond donors (Lipinski definition) is 1. The summed E-state index contributed by atoms with van der Waals surface area (Å²) in [5, 5.41) is 4.94. The quantitative estimate of drug-likeness (QED) is 0.863. The number of anilines is 2. The van der Waals surface area contributed by atoms with Crippen molar-refractivity contribution < 1.29 is 0 Å². The molecule has 1 saturated carbocycles. The fourth-order valence-corrected chi connectivity index (χ4v) is 5.72. The van der Waals surface area contributed by atoms with Crippen LogP contribution in [0, 0.1) is 5.92 Å². The Morgan fingerprint density at radius 1 is 1.26 bits per heavy atom. The third kappa shape index (κ3) is 3.19. The predicted molar refractivity (Wildman–Crippen MR) is 98.4 cm³/mol. The Morgan fingerprint density at radius 3 is 2.96 bits per heavy atom. The summed E-state index contributed by atoms with van der Waals surface area (Å²) in [5.41, 5.74) is 1.26. The van der Waals surface area contributed by atoms with E-state index in [9.17, 15) is 0 Å². The molecule has 0 radical (unpaired) electrons. The van der Waals surface area contributed by atoms with Crippen molar-refractivity contribution >= 4 is 33.9 Å². The van der Waals surface area contributed by atoms with Gasteiger partial charge in [-0.15, -0.1) is 0 Å². The number of hydrogen-bond acceptors (Lipinski definition) is 6. The van der Waals surface area contributed by atoms with E-state index in [4.69, 9.17) is 0 Å². The molecule has 1 fully saturated rings. The molecule has 3 heterocycles. The van der Waals surface area contributed by atoms with Crippen molar-refractivity contribution in [3.63, 3.8) is 0 Å². The van der Waals surface area contributed by atoms with Crippen LogP contribution in [-0.2, 0) is 0 Å². The first kappa shape index (κ1) is 15.3. The van der Waals surface area contributed by atoms with Gasteiger partial charge >= 0.3 is 0 Å². The Hall–Kier alpha value is -1.27. The van der Waals surface area contributed by atoms with Crippen LogP contribution in [0.15, 0.2) is 29.6 Å². The van der Waals surface area contributed by atoms with Crippen LogP contribution in [0.2, 0.25) is 0 Å². The van der Waals surface area contributed by atoms with Gasteiger partial charge in [-0.05, 0) is 24.8 Å².